The van der Waals surface area contributed by atoms with Crippen molar-refractivity contribution in [3.63, 3.8) is 0 Å². The van der Waals surface area contributed by atoms with Crippen molar-refractivity contribution in [2.45, 2.75) is 13.5 Å². The smallest absolute Gasteiger partial charge is 0.259 e. The molecule has 0 saturated heterocycles. The molecule has 0 atom stereocenters. The maximum atomic E-state index is 13.1. The van der Waals surface area contributed by atoms with Gasteiger partial charge in [-0.15, -0.1) is 11.3 Å². The fourth-order valence-corrected chi connectivity index (χ4v) is 3.80. The number of benzene rings is 2. The average Bonchev–Trinajstić information content (AvgIpc) is 3.40. The maximum Gasteiger partial charge on any atom is 0.259 e. The van der Waals surface area contributed by atoms with Gasteiger partial charge in [-0.05, 0) is 36.1 Å². The van der Waals surface area contributed by atoms with E-state index < -0.39 is 0 Å². The Morgan fingerprint density at radius 2 is 1.86 bits per heavy atom. The van der Waals surface area contributed by atoms with Gasteiger partial charge in [-0.25, -0.2) is 0 Å². The molecule has 2 aromatic heterocycles. The predicted octanol–water partition coefficient (Wildman–Crippen LogP) is 5.31. The molecule has 29 heavy (non-hydrogen) atoms. The fraction of sp³-hybridized carbons (Fsp3) is 0.130. The summed E-state index contributed by atoms with van der Waals surface area (Å²) < 4.78 is 7.44. The summed E-state index contributed by atoms with van der Waals surface area (Å²) in [7, 11) is 0. The number of ether oxygens (including phenoxy) is 1. The van der Waals surface area contributed by atoms with Crippen LogP contribution >= 0.6 is 11.3 Å². The summed E-state index contributed by atoms with van der Waals surface area (Å²) in [6, 6.07) is 21.4. The molecule has 0 bridgehead atoms. The van der Waals surface area contributed by atoms with Gasteiger partial charge in [-0.3, -0.25) is 9.48 Å². The van der Waals surface area contributed by atoms with Crippen LogP contribution in [0.5, 0.6) is 5.75 Å². The highest BCUT2D eigenvalue weighted by molar-refractivity contribution is 7.13. The lowest BCUT2D eigenvalue weighted by Crippen LogP contribution is -2.13. The highest BCUT2D eigenvalue weighted by Crippen LogP contribution is 2.29. The van der Waals surface area contributed by atoms with E-state index in [1.165, 1.54) is 0 Å². The highest BCUT2D eigenvalue weighted by Gasteiger charge is 2.20. The van der Waals surface area contributed by atoms with Crippen molar-refractivity contribution in [1.29, 1.82) is 0 Å². The molecule has 0 spiro atoms. The second-order valence-electron chi connectivity index (χ2n) is 6.44. The van der Waals surface area contributed by atoms with Crippen molar-refractivity contribution in [3.05, 3.63) is 89.4 Å². The maximum absolute atomic E-state index is 13.1. The molecule has 1 N–H and O–H groups in total. The first-order chi connectivity index (χ1) is 14.2. The molecule has 0 radical (unpaired) electrons. The third-order valence-electron chi connectivity index (χ3n) is 4.38. The molecule has 6 heteroatoms. The van der Waals surface area contributed by atoms with Crippen LogP contribution in [0.2, 0.25) is 0 Å². The summed E-state index contributed by atoms with van der Waals surface area (Å²) in [6.45, 7) is 3.05. The second kappa shape index (κ2) is 8.75. The largest absolute Gasteiger partial charge is 0.492 e. The molecule has 0 aliphatic rings. The van der Waals surface area contributed by atoms with Crippen molar-refractivity contribution in [3.8, 4) is 16.3 Å². The number of anilines is 1. The van der Waals surface area contributed by atoms with E-state index in [1.807, 2.05) is 83.7 Å². The van der Waals surface area contributed by atoms with Gasteiger partial charge in [-0.1, -0.05) is 48.5 Å². The van der Waals surface area contributed by atoms with E-state index >= 15 is 0 Å². The van der Waals surface area contributed by atoms with Gasteiger partial charge in [-0.2, -0.15) is 5.10 Å². The number of carbonyl (C=O) groups excluding carboxylic acids is 1. The van der Waals surface area contributed by atoms with Gasteiger partial charge in [0.05, 0.1) is 29.3 Å². The monoisotopic (exact) mass is 403 g/mol. The number of nitrogens with zero attached hydrogens (tertiary/aromatic N) is 2. The van der Waals surface area contributed by atoms with Crippen molar-refractivity contribution in [1.82, 2.24) is 9.78 Å². The van der Waals surface area contributed by atoms with Crippen LogP contribution in [0.25, 0.3) is 10.6 Å². The lowest BCUT2D eigenvalue weighted by molar-refractivity contribution is 0.102. The molecule has 5 nitrogen and oxygen atoms in total. The van der Waals surface area contributed by atoms with E-state index in [2.05, 4.69) is 5.32 Å². The van der Waals surface area contributed by atoms with Crippen LogP contribution < -0.4 is 10.1 Å². The van der Waals surface area contributed by atoms with E-state index in [0.29, 0.717) is 35.8 Å². The minimum atomic E-state index is -0.208. The van der Waals surface area contributed by atoms with Crippen molar-refractivity contribution in [2.75, 3.05) is 11.9 Å². The minimum Gasteiger partial charge on any atom is -0.492 e. The first kappa shape index (κ1) is 19.0. The average molecular weight is 404 g/mol. The Morgan fingerprint density at radius 3 is 2.62 bits per heavy atom. The molecular formula is C23H21N3O2S. The molecule has 2 heterocycles. The van der Waals surface area contributed by atoms with Gasteiger partial charge in [0.25, 0.3) is 5.91 Å². The van der Waals surface area contributed by atoms with Gasteiger partial charge in [0.2, 0.25) is 0 Å². The molecule has 4 rings (SSSR count). The normalized spacial score (nSPS) is 10.7. The van der Waals surface area contributed by atoms with Gasteiger partial charge in [0.1, 0.15) is 11.4 Å². The van der Waals surface area contributed by atoms with Gasteiger partial charge < -0.3 is 10.1 Å². The Kier molecular flexibility index (Phi) is 5.72. The van der Waals surface area contributed by atoms with Crippen molar-refractivity contribution >= 4 is 22.9 Å². The first-order valence-corrected chi connectivity index (χ1v) is 10.3. The van der Waals surface area contributed by atoms with Crippen LogP contribution in [-0.2, 0) is 6.54 Å². The Bertz CT molecular complexity index is 1090. The Balaban J connectivity index is 1.66. The Hall–Kier alpha value is -3.38. The second-order valence-corrected chi connectivity index (χ2v) is 7.38. The molecule has 146 valence electrons. The molecule has 0 saturated carbocycles. The number of hydrogen-bond donors (Lipinski definition) is 1. The molecule has 0 unspecified atom stereocenters. The van der Waals surface area contributed by atoms with Gasteiger partial charge in [0, 0.05) is 6.20 Å². The van der Waals surface area contributed by atoms with Crippen LogP contribution in [0.15, 0.2) is 78.3 Å². The summed E-state index contributed by atoms with van der Waals surface area (Å²) >= 11 is 1.56. The van der Waals surface area contributed by atoms with Crippen LogP contribution in [0, 0.1) is 0 Å². The molecular weight excluding hydrogens is 382 g/mol. The number of nitrogens with one attached hydrogen (secondary N) is 1. The molecule has 0 fully saturated rings. The molecule has 0 aliphatic carbocycles. The number of carbonyl (C=O) groups is 1. The highest BCUT2D eigenvalue weighted by atomic mass is 32.1. The first-order valence-electron chi connectivity index (χ1n) is 9.43. The van der Waals surface area contributed by atoms with Crippen LogP contribution in [0.1, 0.15) is 22.8 Å². The van der Waals surface area contributed by atoms with E-state index in [-0.39, 0.29) is 5.91 Å². The summed E-state index contributed by atoms with van der Waals surface area (Å²) in [5, 5.41) is 9.67. The summed E-state index contributed by atoms with van der Waals surface area (Å²) in [4.78, 5) is 14.1. The van der Waals surface area contributed by atoms with E-state index in [0.717, 1.165) is 10.4 Å². The van der Waals surface area contributed by atoms with Crippen molar-refractivity contribution < 1.29 is 9.53 Å². The lowest BCUT2D eigenvalue weighted by atomic mass is 10.2. The topological polar surface area (TPSA) is 56.1 Å². The fourth-order valence-electron chi connectivity index (χ4n) is 3.08. The molecule has 0 aliphatic heterocycles. The predicted molar refractivity (Wildman–Crippen MR) is 117 cm³/mol. The zero-order valence-corrected chi connectivity index (χ0v) is 16.9. The summed E-state index contributed by atoms with van der Waals surface area (Å²) in [5.74, 6) is 0.442. The Labute approximate surface area is 173 Å². The lowest BCUT2D eigenvalue weighted by Gasteiger charge is -2.11. The van der Waals surface area contributed by atoms with Gasteiger partial charge in [0.15, 0.2) is 0 Å². The molecule has 2 aromatic carbocycles. The standard InChI is InChI=1S/C23H21N3O2S/c1-2-28-20-12-7-6-11-19(20)24-23(27)18-16-26(15-17-9-4-3-5-10-17)25-22(18)21-13-8-14-29-21/h3-14,16H,2,15H2,1H3,(H,24,27). The zero-order chi connectivity index (χ0) is 20.1. The quantitative estimate of drug-likeness (QED) is 0.455. The number of rotatable bonds is 7. The van der Waals surface area contributed by atoms with E-state index in [1.54, 1.807) is 17.5 Å². The van der Waals surface area contributed by atoms with E-state index in [9.17, 15) is 4.79 Å². The summed E-state index contributed by atoms with van der Waals surface area (Å²) in [6.07, 6.45) is 1.81. The Morgan fingerprint density at radius 1 is 1.07 bits per heavy atom. The van der Waals surface area contributed by atoms with Crippen molar-refractivity contribution in [2.24, 2.45) is 0 Å². The number of amides is 1. The molecule has 1 amide bonds. The number of hydrogen-bond acceptors (Lipinski definition) is 4. The van der Waals surface area contributed by atoms with E-state index in [4.69, 9.17) is 9.84 Å². The summed E-state index contributed by atoms with van der Waals surface area (Å²) in [5.41, 5.74) is 2.99. The minimum absolute atomic E-state index is 0.208. The zero-order valence-electron chi connectivity index (χ0n) is 16.0. The third-order valence-corrected chi connectivity index (χ3v) is 5.26. The van der Waals surface area contributed by atoms with Gasteiger partial charge >= 0.3 is 0 Å². The van der Waals surface area contributed by atoms with Crippen LogP contribution in [-0.4, -0.2) is 22.3 Å². The third kappa shape index (κ3) is 4.38. The number of aromatic nitrogens is 2. The molecule has 4 aromatic rings. The SMILES string of the molecule is CCOc1ccccc1NC(=O)c1cn(Cc2ccccc2)nc1-c1cccs1. The number of thiophene rings is 1. The van der Waals surface area contributed by atoms with Crippen LogP contribution in [0.4, 0.5) is 5.69 Å². The van der Waals surface area contributed by atoms with Crippen LogP contribution in [0.3, 0.4) is 0 Å². The number of para-hydroxylation sites is 2.